The zero-order valence-corrected chi connectivity index (χ0v) is 18.2. The molecular weight excluding hydrogens is 406 g/mol. The van der Waals surface area contributed by atoms with Gasteiger partial charge in [0.05, 0.1) is 17.8 Å². The van der Waals surface area contributed by atoms with E-state index in [0.717, 1.165) is 35.0 Å². The molecule has 0 fully saturated rings. The monoisotopic (exact) mass is 429 g/mol. The van der Waals surface area contributed by atoms with Gasteiger partial charge in [0.25, 0.3) is 5.56 Å². The predicted octanol–water partition coefficient (Wildman–Crippen LogP) is 4.60. The molecular formula is C22H24ClN3O2S. The van der Waals surface area contributed by atoms with Gasteiger partial charge >= 0.3 is 0 Å². The lowest BCUT2D eigenvalue weighted by Crippen LogP contribution is -2.31. The number of aromatic nitrogens is 2. The van der Waals surface area contributed by atoms with Crippen LogP contribution in [0.4, 0.5) is 0 Å². The molecule has 1 aliphatic rings. The third-order valence-electron chi connectivity index (χ3n) is 5.84. The average molecular weight is 430 g/mol. The number of fused-ring (bicyclic) bond motifs is 3. The van der Waals surface area contributed by atoms with Crippen LogP contribution in [0.2, 0.25) is 5.02 Å². The number of benzene rings is 1. The van der Waals surface area contributed by atoms with Crippen LogP contribution in [-0.4, -0.2) is 27.4 Å². The van der Waals surface area contributed by atoms with Gasteiger partial charge in [-0.2, -0.15) is 0 Å². The molecule has 1 atom stereocenters. The number of nitrogens with zero attached hydrogens (tertiary/aromatic N) is 3. The summed E-state index contributed by atoms with van der Waals surface area (Å²) in [5.41, 5.74) is 2.19. The summed E-state index contributed by atoms with van der Waals surface area (Å²) < 4.78 is 1.59. The fourth-order valence-corrected chi connectivity index (χ4v) is 5.26. The molecule has 2 heterocycles. The van der Waals surface area contributed by atoms with Gasteiger partial charge in [-0.15, -0.1) is 11.3 Å². The van der Waals surface area contributed by atoms with E-state index in [1.54, 1.807) is 34.2 Å². The Bertz CT molecular complexity index is 1100. The van der Waals surface area contributed by atoms with Crippen molar-refractivity contribution in [2.75, 3.05) is 7.05 Å². The highest BCUT2D eigenvalue weighted by Gasteiger charge is 2.21. The van der Waals surface area contributed by atoms with E-state index in [9.17, 15) is 9.59 Å². The summed E-state index contributed by atoms with van der Waals surface area (Å²) in [5.74, 6) is -0.00760. The molecule has 1 aliphatic carbocycles. The van der Waals surface area contributed by atoms with Gasteiger partial charge in [-0.3, -0.25) is 14.2 Å². The highest BCUT2D eigenvalue weighted by molar-refractivity contribution is 7.18. The van der Waals surface area contributed by atoms with E-state index in [2.05, 4.69) is 4.98 Å². The normalized spacial score (nSPS) is 14.6. The number of carbonyl (C=O) groups is 1. The number of hydrogen-bond acceptors (Lipinski definition) is 4. The maximum atomic E-state index is 13.0. The minimum absolute atomic E-state index is 0.00760. The third kappa shape index (κ3) is 3.96. The summed E-state index contributed by atoms with van der Waals surface area (Å²) in [6, 6.07) is 7.44. The van der Waals surface area contributed by atoms with Crippen LogP contribution in [-0.2, 0) is 24.2 Å². The molecule has 7 heteroatoms. The van der Waals surface area contributed by atoms with E-state index in [0.29, 0.717) is 11.6 Å². The summed E-state index contributed by atoms with van der Waals surface area (Å²) in [5, 5.41) is 1.44. The van der Waals surface area contributed by atoms with Crippen molar-refractivity contribution >= 4 is 39.1 Å². The average Bonchev–Trinajstić information content (AvgIpc) is 3.12. The van der Waals surface area contributed by atoms with Gasteiger partial charge in [-0.25, -0.2) is 4.98 Å². The van der Waals surface area contributed by atoms with Crippen LogP contribution in [0.5, 0.6) is 0 Å². The van der Waals surface area contributed by atoms with Gasteiger partial charge in [-0.05, 0) is 55.9 Å². The van der Waals surface area contributed by atoms with Crippen molar-refractivity contribution in [3.05, 3.63) is 62.0 Å². The molecule has 0 saturated heterocycles. The Kier molecular flexibility index (Phi) is 5.74. The van der Waals surface area contributed by atoms with E-state index in [1.165, 1.54) is 16.9 Å². The number of rotatable bonds is 5. The smallest absolute Gasteiger partial charge is 0.262 e. The van der Waals surface area contributed by atoms with Gasteiger partial charge in [-0.1, -0.05) is 23.7 Å². The Morgan fingerprint density at radius 2 is 2.00 bits per heavy atom. The zero-order chi connectivity index (χ0) is 20.5. The number of carbonyl (C=O) groups excluding carboxylic acids is 1. The highest BCUT2D eigenvalue weighted by atomic mass is 35.5. The second-order valence-corrected chi connectivity index (χ2v) is 9.14. The maximum absolute atomic E-state index is 13.0. The second-order valence-electron chi connectivity index (χ2n) is 7.62. The zero-order valence-electron chi connectivity index (χ0n) is 16.7. The van der Waals surface area contributed by atoms with E-state index in [4.69, 9.17) is 11.6 Å². The standard InChI is InChI=1S/C22H24ClN3O2S/c1-14(15-7-9-16(23)10-8-15)25(2)19(27)11-12-26-13-24-21-20(22(26)28)17-5-3-4-6-18(17)29-21/h7-10,13-14H,3-6,11-12H2,1-2H3. The first-order valence-corrected chi connectivity index (χ1v) is 11.2. The lowest BCUT2D eigenvalue weighted by atomic mass is 9.97. The summed E-state index contributed by atoms with van der Waals surface area (Å²) in [7, 11) is 1.79. The first kappa shape index (κ1) is 20.1. The number of thiophene rings is 1. The van der Waals surface area contributed by atoms with Crippen LogP contribution in [0.3, 0.4) is 0 Å². The SMILES string of the molecule is CC(c1ccc(Cl)cc1)N(C)C(=O)CCn1cnc2sc3c(c2c1=O)CCCC3. The molecule has 1 amide bonds. The number of halogens is 1. The minimum atomic E-state index is -0.0685. The number of hydrogen-bond donors (Lipinski definition) is 0. The minimum Gasteiger partial charge on any atom is -0.339 e. The molecule has 0 saturated carbocycles. The first-order chi connectivity index (χ1) is 14.0. The largest absolute Gasteiger partial charge is 0.339 e. The Hall–Kier alpha value is -2.18. The van der Waals surface area contributed by atoms with Crippen molar-refractivity contribution in [2.45, 2.75) is 51.6 Å². The van der Waals surface area contributed by atoms with Gasteiger partial charge in [0, 0.05) is 29.9 Å². The molecule has 152 valence electrons. The van der Waals surface area contributed by atoms with Crippen LogP contribution in [0.1, 0.15) is 48.2 Å². The molecule has 4 rings (SSSR count). The van der Waals surface area contributed by atoms with Crippen LogP contribution in [0.15, 0.2) is 35.4 Å². The van der Waals surface area contributed by atoms with Crippen LogP contribution in [0.25, 0.3) is 10.2 Å². The molecule has 2 aromatic heterocycles. The summed E-state index contributed by atoms with van der Waals surface area (Å²) in [4.78, 5) is 34.1. The molecule has 0 radical (unpaired) electrons. The van der Waals surface area contributed by atoms with Crippen molar-refractivity contribution in [3.63, 3.8) is 0 Å². The van der Waals surface area contributed by atoms with Crippen molar-refractivity contribution in [1.82, 2.24) is 14.5 Å². The van der Waals surface area contributed by atoms with Gasteiger partial charge < -0.3 is 4.90 Å². The van der Waals surface area contributed by atoms with Crippen LogP contribution < -0.4 is 5.56 Å². The molecule has 0 bridgehead atoms. The molecule has 3 aromatic rings. The number of aryl methyl sites for hydroxylation is 3. The van der Waals surface area contributed by atoms with Gasteiger partial charge in [0.2, 0.25) is 5.91 Å². The van der Waals surface area contributed by atoms with E-state index >= 15 is 0 Å². The van der Waals surface area contributed by atoms with Crippen molar-refractivity contribution < 1.29 is 4.79 Å². The summed E-state index contributed by atoms with van der Waals surface area (Å²) in [6.45, 7) is 2.32. The third-order valence-corrected chi connectivity index (χ3v) is 7.29. The summed E-state index contributed by atoms with van der Waals surface area (Å²) >= 11 is 7.60. The molecule has 1 aromatic carbocycles. The fraction of sp³-hybridized carbons (Fsp3) is 0.409. The maximum Gasteiger partial charge on any atom is 0.262 e. The molecule has 1 unspecified atom stereocenters. The van der Waals surface area contributed by atoms with Crippen LogP contribution in [0, 0.1) is 0 Å². The van der Waals surface area contributed by atoms with Crippen molar-refractivity contribution in [1.29, 1.82) is 0 Å². The first-order valence-electron chi connectivity index (χ1n) is 9.96. The molecule has 29 heavy (non-hydrogen) atoms. The lowest BCUT2D eigenvalue weighted by Gasteiger charge is -2.25. The number of amides is 1. The van der Waals surface area contributed by atoms with Gasteiger partial charge in [0.15, 0.2) is 0 Å². The Balaban J connectivity index is 1.49. The molecule has 0 spiro atoms. The fourth-order valence-electron chi connectivity index (χ4n) is 3.91. The second kappa shape index (κ2) is 8.28. The Morgan fingerprint density at radius 3 is 2.76 bits per heavy atom. The molecule has 0 aliphatic heterocycles. The molecule has 0 N–H and O–H groups in total. The van der Waals surface area contributed by atoms with E-state index < -0.39 is 0 Å². The quantitative estimate of drug-likeness (QED) is 0.595. The predicted molar refractivity (Wildman–Crippen MR) is 118 cm³/mol. The van der Waals surface area contributed by atoms with E-state index in [1.807, 2.05) is 31.2 Å². The van der Waals surface area contributed by atoms with Crippen LogP contribution >= 0.6 is 22.9 Å². The van der Waals surface area contributed by atoms with Crippen molar-refractivity contribution in [3.8, 4) is 0 Å². The Labute approximate surface area is 178 Å². The van der Waals surface area contributed by atoms with Gasteiger partial charge in [0.1, 0.15) is 4.83 Å². The Morgan fingerprint density at radius 1 is 1.28 bits per heavy atom. The summed E-state index contributed by atoms with van der Waals surface area (Å²) in [6.07, 6.45) is 6.15. The van der Waals surface area contributed by atoms with Crippen molar-refractivity contribution in [2.24, 2.45) is 0 Å². The lowest BCUT2D eigenvalue weighted by molar-refractivity contribution is -0.132. The van der Waals surface area contributed by atoms with E-state index in [-0.39, 0.29) is 23.9 Å². The highest BCUT2D eigenvalue weighted by Crippen LogP contribution is 2.33. The molecule has 5 nitrogen and oxygen atoms in total. The topological polar surface area (TPSA) is 55.2 Å².